The number of hydrogen-bond acceptors (Lipinski definition) is 2. The Balaban J connectivity index is 2.41. The Hall–Kier alpha value is -0.600. The van der Waals surface area contributed by atoms with Crippen LogP contribution in [0.3, 0.4) is 0 Å². The summed E-state index contributed by atoms with van der Waals surface area (Å²) in [7, 11) is 0. The quantitative estimate of drug-likeness (QED) is 0.561. The molecule has 1 saturated carbocycles. The normalized spacial score (nSPS) is 15.8. The summed E-state index contributed by atoms with van der Waals surface area (Å²) in [5, 5.41) is -0.357. The summed E-state index contributed by atoms with van der Waals surface area (Å²) < 4.78 is 0. The van der Waals surface area contributed by atoms with E-state index in [0.29, 0.717) is 11.5 Å². The lowest BCUT2D eigenvalue weighted by Gasteiger charge is -2.01. The van der Waals surface area contributed by atoms with Crippen molar-refractivity contribution in [2.75, 3.05) is 0 Å². The molecule has 0 saturated heterocycles. The summed E-state index contributed by atoms with van der Waals surface area (Å²) in [4.78, 5) is 14.8. The van der Waals surface area contributed by atoms with E-state index in [1.54, 1.807) is 12.3 Å². The van der Waals surface area contributed by atoms with Crippen LogP contribution in [0, 0.1) is 0 Å². The molecule has 1 fully saturated rings. The van der Waals surface area contributed by atoms with E-state index in [9.17, 15) is 4.79 Å². The Bertz CT molecular complexity index is 361. The van der Waals surface area contributed by atoms with Crippen molar-refractivity contribution in [2.24, 2.45) is 0 Å². The van der Waals surface area contributed by atoms with Gasteiger partial charge in [-0.2, -0.15) is 0 Å². The third-order valence-electron chi connectivity index (χ3n) is 2.12. The van der Waals surface area contributed by atoms with Crippen LogP contribution >= 0.6 is 23.2 Å². The first-order valence-electron chi connectivity index (χ1n) is 4.04. The molecule has 0 N–H and O–H groups in total. The predicted octanol–water partition coefficient (Wildman–Crippen LogP) is 2.99. The third kappa shape index (κ3) is 1.84. The predicted molar refractivity (Wildman–Crippen MR) is 51.4 cm³/mol. The van der Waals surface area contributed by atoms with Crippen LogP contribution in [-0.4, -0.2) is 10.2 Å². The molecule has 2 nitrogen and oxygen atoms in total. The van der Waals surface area contributed by atoms with Gasteiger partial charge in [-0.05, 0) is 42.0 Å². The Morgan fingerprint density at radius 1 is 1.54 bits per heavy atom. The van der Waals surface area contributed by atoms with E-state index in [-0.39, 0.29) is 5.15 Å². The number of pyridine rings is 1. The van der Waals surface area contributed by atoms with Gasteiger partial charge in [0, 0.05) is 6.20 Å². The van der Waals surface area contributed by atoms with E-state index >= 15 is 0 Å². The highest BCUT2D eigenvalue weighted by atomic mass is 35.5. The summed E-state index contributed by atoms with van der Waals surface area (Å²) in [5.74, 6) is 0.555. The molecule has 2 rings (SSSR count). The molecule has 68 valence electrons. The van der Waals surface area contributed by atoms with Gasteiger partial charge in [0.05, 0.1) is 5.56 Å². The molecule has 0 radical (unpaired) electrons. The van der Waals surface area contributed by atoms with Gasteiger partial charge in [-0.3, -0.25) is 4.79 Å². The van der Waals surface area contributed by atoms with Crippen molar-refractivity contribution in [2.45, 2.75) is 18.8 Å². The highest BCUT2D eigenvalue weighted by Gasteiger charge is 2.25. The zero-order valence-corrected chi connectivity index (χ0v) is 8.27. The Kier molecular flexibility index (Phi) is 2.26. The van der Waals surface area contributed by atoms with Gasteiger partial charge >= 0.3 is 0 Å². The Morgan fingerprint density at radius 3 is 2.77 bits per heavy atom. The molecule has 0 spiro atoms. The zero-order chi connectivity index (χ0) is 9.42. The number of rotatable bonds is 2. The van der Waals surface area contributed by atoms with E-state index in [2.05, 4.69) is 4.98 Å². The number of aromatic nitrogens is 1. The average Bonchev–Trinajstić information content (AvgIpc) is 2.87. The number of nitrogens with zero attached hydrogens (tertiary/aromatic N) is 1. The van der Waals surface area contributed by atoms with E-state index < -0.39 is 5.24 Å². The lowest BCUT2D eigenvalue weighted by Crippen LogP contribution is -1.95. The molecule has 1 heterocycles. The van der Waals surface area contributed by atoms with E-state index in [1.165, 1.54) is 12.8 Å². The van der Waals surface area contributed by atoms with E-state index in [0.717, 1.165) is 5.56 Å². The summed E-state index contributed by atoms with van der Waals surface area (Å²) in [6.45, 7) is 0. The maximum Gasteiger partial charge on any atom is 0.255 e. The van der Waals surface area contributed by atoms with Crippen molar-refractivity contribution < 1.29 is 4.79 Å². The third-order valence-corrected chi connectivity index (χ3v) is 2.63. The van der Waals surface area contributed by atoms with Crippen molar-refractivity contribution in [3.63, 3.8) is 0 Å². The molecule has 0 aromatic carbocycles. The molecule has 0 atom stereocenters. The number of carbonyl (C=O) groups is 1. The minimum absolute atomic E-state index is 0.185. The van der Waals surface area contributed by atoms with Gasteiger partial charge in [0.2, 0.25) is 0 Å². The first-order chi connectivity index (χ1) is 6.18. The molecule has 0 unspecified atom stereocenters. The summed E-state index contributed by atoms with van der Waals surface area (Å²) in [6, 6.07) is 1.74. The van der Waals surface area contributed by atoms with Crippen LogP contribution in [0.25, 0.3) is 0 Å². The van der Waals surface area contributed by atoms with Gasteiger partial charge in [0.25, 0.3) is 5.24 Å². The minimum Gasteiger partial charge on any atom is -0.275 e. The van der Waals surface area contributed by atoms with Crippen molar-refractivity contribution in [3.8, 4) is 0 Å². The van der Waals surface area contributed by atoms with Crippen molar-refractivity contribution >= 4 is 28.4 Å². The van der Waals surface area contributed by atoms with Gasteiger partial charge in [0.15, 0.2) is 0 Å². The van der Waals surface area contributed by atoms with Gasteiger partial charge in [-0.1, -0.05) is 11.6 Å². The summed E-state index contributed by atoms with van der Waals surface area (Å²) in [6.07, 6.45) is 4.04. The molecule has 1 aromatic rings. The Morgan fingerprint density at radius 2 is 2.23 bits per heavy atom. The van der Waals surface area contributed by atoms with Crippen LogP contribution in [0.5, 0.6) is 0 Å². The molecule has 0 amide bonds. The van der Waals surface area contributed by atoms with E-state index in [4.69, 9.17) is 23.2 Å². The molecule has 0 bridgehead atoms. The topological polar surface area (TPSA) is 30.0 Å². The molecular formula is C9H7Cl2NO. The fourth-order valence-corrected chi connectivity index (χ4v) is 1.62. The van der Waals surface area contributed by atoms with Gasteiger partial charge in [0.1, 0.15) is 5.15 Å². The Labute approximate surface area is 85.9 Å². The van der Waals surface area contributed by atoms with E-state index in [1.807, 2.05) is 0 Å². The molecule has 4 heteroatoms. The SMILES string of the molecule is O=C(Cl)c1cc(C2CC2)cnc1Cl. The smallest absolute Gasteiger partial charge is 0.255 e. The van der Waals surface area contributed by atoms with Crippen molar-refractivity contribution in [1.82, 2.24) is 4.98 Å². The lowest BCUT2D eigenvalue weighted by atomic mass is 10.1. The number of carbonyl (C=O) groups excluding carboxylic acids is 1. The second-order valence-corrected chi connectivity index (χ2v) is 3.86. The number of hydrogen-bond donors (Lipinski definition) is 0. The fourth-order valence-electron chi connectivity index (χ4n) is 1.24. The van der Waals surface area contributed by atoms with Gasteiger partial charge in [-0.15, -0.1) is 0 Å². The number of halogens is 2. The van der Waals surface area contributed by atoms with Gasteiger partial charge in [-0.25, -0.2) is 4.98 Å². The van der Waals surface area contributed by atoms with Crippen LogP contribution in [0.1, 0.15) is 34.7 Å². The lowest BCUT2D eigenvalue weighted by molar-refractivity contribution is 0.108. The molecular weight excluding hydrogens is 209 g/mol. The minimum atomic E-state index is -0.542. The molecule has 1 aromatic heterocycles. The highest BCUT2D eigenvalue weighted by molar-refractivity contribution is 6.68. The first-order valence-corrected chi connectivity index (χ1v) is 4.79. The van der Waals surface area contributed by atoms with Crippen LogP contribution in [0.4, 0.5) is 0 Å². The zero-order valence-electron chi connectivity index (χ0n) is 6.76. The molecule has 0 aliphatic heterocycles. The van der Waals surface area contributed by atoms with Crippen LogP contribution in [0.15, 0.2) is 12.3 Å². The largest absolute Gasteiger partial charge is 0.275 e. The maximum atomic E-state index is 10.9. The van der Waals surface area contributed by atoms with Crippen LogP contribution in [-0.2, 0) is 0 Å². The molecule has 1 aliphatic rings. The van der Waals surface area contributed by atoms with Crippen LogP contribution in [0.2, 0.25) is 5.15 Å². The highest BCUT2D eigenvalue weighted by Crippen LogP contribution is 2.40. The summed E-state index contributed by atoms with van der Waals surface area (Å²) >= 11 is 11.0. The monoisotopic (exact) mass is 215 g/mol. The maximum absolute atomic E-state index is 10.9. The fraction of sp³-hybridized carbons (Fsp3) is 0.333. The summed E-state index contributed by atoms with van der Waals surface area (Å²) in [5.41, 5.74) is 1.38. The van der Waals surface area contributed by atoms with Crippen LogP contribution < -0.4 is 0 Å². The molecule has 1 aliphatic carbocycles. The average molecular weight is 216 g/mol. The standard InChI is InChI=1S/C9H7Cl2NO/c10-8-7(9(11)13)3-6(4-12-8)5-1-2-5/h3-5H,1-2H2. The van der Waals surface area contributed by atoms with Crippen molar-refractivity contribution in [1.29, 1.82) is 0 Å². The van der Waals surface area contributed by atoms with Gasteiger partial charge < -0.3 is 0 Å². The molecule has 13 heavy (non-hydrogen) atoms. The first kappa shape index (κ1) is 8.97. The second-order valence-electron chi connectivity index (χ2n) is 3.16. The second kappa shape index (κ2) is 3.28. The van der Waals surface area contributed by atoms with Crippen molar-refractivity contribution in [3.05, 3.63) is 28.5 Å².